The molecule has 1 heterocycles. The number of nitrogens with two attached hydrogens (primary N) is 1. The molecule has 4 heteroatoms. The van der Waals surface area contributed by atoms with E-state index in [0.29, 0.717) is 18.2 Å². The number of fused-ring (bicyclic) bond motifs is 3. The zero-order valence-corrected chi connectivity index (χ0v) is 27.5. The highest BCUT2D eigenvalue weighted by atomic mass is 16.3. The van der Waals surface area contributed by atoms with Crippen LogP contribution in [-0.2, 0) is 6.54 Å². The molecule has 0 spiro atoms. The Kier molecular flexibility index (Phi) is 8.57. The van der Waals surface area contributed by atoms with Crippen LogP contribution in [0, 0.1) is 0 Å². The van der Waals surface area contributed by atoms with E-state index in [4.69, 9.17) is 20.1 Å². The van der Waals surface area contributed by atoms with Gasteiger partial charge in [-0.3, -0.25) is 4.99 Å². The predicted molar refractivity (Wildman–Crippen MR) is 209 cm³/mol. The quantitative estimate of drug-likeness (QED) is 0.138. The number of aliphatic imine (C=N–C) groups is 2. The van der Waals surface area contributed by atoms with E-state index in [0.717, 1.165) is 61.8 Å². The molecular weight excluding hydrogens is 611 g/mol. The molecule has 7 aromatic rings. The standard InChI is InChI=1S/C46H35N3O/c47-45(37-20-12-19-34(25-28-37)32-13-4-1-5-14-32)49-46(38-17-8-3-9-18-38)48-31-39-29-30-40(44-43(39)41-21-10-11-22-42(41)50-44)36-26-23-35(24-27-36)33-15-6-2-7-16-33/h1-11,13-30H,12,31H2,(H2,47,48,49). The second kappa shape index (κ2) is 13.9. The Morgan fingerprint density at radius 2 is 1.24 bits per heavy atom. The summed E-state index contributed by atoms with van der Waals surface area (Å²) in [5, 5.41) is 2.13. The van der Waals surface area contributed by atoms with Crippen molar-refractivity contribution < 1.29 is 4.42 Å². The van der Waals surface area contributed by atoms with Gasteiger partial charge in [-0.1, -0.05) is 170 Å². The van der Waals surface area contributed by atoms with Gasteiger partial charge in [0, 0.05) is 27.5 Å². The van der Waals surface area contributed by atoms with Gasteiger partial charge in [0.1, 0.15) is 17.0 Å². The third-order valence-electron chi connectivity index (χ3n) is 9.09. The first-order valence-electron chi connectivity index (χ1n) is 16.9. The molecule has 0 saturated carbocycles. The first-order valence-corrected chi connectivity index (χ1v) is 16.9. The number of amidine groups is 2. The second-order valence-electron chi connectivity index (χ2n) is 12.3. The molecule has 1 aliphatic rings. The minimum atomic E-state index is 0.406. The van der Waals surface area contributed by atoms with Gasteiger partial charge in [-0.25, -0.2) is 4.99 Å². The summed E-state index contributed by atoms with van der Waals surface area (Å²) in [6.07, 6.45) is 9.22. The van der Waals surface area contributed by atoms with E-state index in [1.54, 1.807) is 0 Å². The van der Waals surface area contributed by atoms with Gasteiger partial charge in [0.05, 0.1) is 6.54 Å². The summed E-state index contributed by atoms with van der Waals surface area (Å²) in [7, 11) is 0. The van der Waals surface area contributed by atoms with Crippen molar-refractivity contribution >= 4 is 39.2 Å². The summed E-state index contributed by atoms with van der Waals surface area (Å²) in [6.45, 7) is 0.406. The lowest BCUT2D eigenvalue weighted by Gasteiger charge is -2.09. The summed E-state index contributed by atoms with van der Waals surface area (Å²) in [5.74, 6) is 1.01. The molecule has 6 aromatic carbocycles. The molecule has 0 amide bonds. The second-order valence-corrected chi connectivity index (χ2v) is 12.3. The monoisotopic (exact) mass is 645 g/mol. The third kappa shape index (κ3) is 6.35. The van der Waals surface area contributed by atoms with E-state index in [-0.39, 0.29) is 0 Å². The summed E-state index contributed by atoms with van der Waals surface area (Å²) >= 11 is 0. The zero-order valence-electron chi connectivity index (χ0n) is 27.5. The topological polar surface area (TPSA) is 63.9 Å². The molecule has 0 atom stereocenters. The van der Waals surface area contributed by atoms with E-state index in [2.05, 4.69) is 115 Å². The normalized spacial score (nSPS) is 13.7. The number of rotatable bonds is 7. The van der Waals surface area contributed by atoms with Crippen LogP contribution in [0.15, 0.2) is 196 Å². The average molecular weight is 646 g/mol. The van der Waals surface area contributed by atoms with Crippen LogP contribution in [0.25, 0.3) is 49.8 Å². The van der Waals surface area contributed by atoms with E-state index in [1.165, 1.54) is 16.7 Å². The number of allylic oxidation sites excluding steroid dienone is 4. The Bertz CT molecular complexity index is 2450. The van der Waals surface area contributed by atoms with E-state index < -0.39 is 0 Å². The number of nitrogens with zero attached hydrogens (tertiary/aromatic N) is 2. The first kappa shape index (κ1) is 30.8. The van der Waals surface area contributed by atoms with Crippen molar-refractivity contribution in [3.05, 3.63) is 198 Å². The van der Waals surface area contributed by atoms with E-state index in [9.17, 15) is 0 Å². The molecular formula is C46H35N3O. The molecule has 4 nitrogen and oxygen atoms in total. The minimum absolute atomic E-state index is 0.406. The van der Waals surface area contributed by atoms with E-state index in [1.807, 2.05) is 60.7 Å². The van der Waals surface area contributed by atoms with Crippen LogP contribution in [0.3, 0.4) is 0 Å². The van der Waals surface area contributed by atoms with Crippen molar-refractivity contribution in [2.75, 3.05) is 0 Å². The molecule has 0 radical (unpaired) electrons. The largest absolute Gasteiger partial charge is 0.455 e. The van der Waals surface area contributed by atoms with Crippen molar-refractivity contribution in [2.24, 2.45) is 15.7 Å². The maximum absolute atomic E-state index is 6.70. The number of para-hydroxylation sites is 1. The molecule has 0 aliphatic heterocycles. The average Bonchev–Trinajstić information content (AvgIpc) is 3.40. The smallest absolute Gasteiger partial charge is 0.157 e. The van der Waals surface area contributed by atoms with Crippen molar-refractivity contribution in [3.63, 3.8) is 0 Å². The Balaban J connectivity index is 1.15. The highest BCUT2D eigenvalue weighted by Gasteiger charge is 2.17. The SMILES string of the molecule is N/C(=N\C(=N/Cc1ccc(-c2ccc(-c3ccccc3)cc2)c2oc3ccccc3c12)c1ccccc1)C1=CCC=C(c2ccccc2)C=C1. The lowest BCUT2D eigenvalue weighted by atomic mass is 9.96. The fraction of sp³-hybridized carbons (Fsp3) is 0.0435. The Morgan fingerprint density at radius 3 is 2.00 bits per heavy atom. The molecule has 0 fully saturated rings. The number of benzene rings is 6. The van der Waals surface area contributed by atoms with Crippen LogP contribution in [0.5, 0.6) is 0 Å². The van der Waals surface area contributed by atoms with E-state index >= 15 is 0 Å². The van der Waals surface area contributed by atoms with Gasteiger partial charge in [-0.2, -0.15) is 0 Å². The Hall–Kier alpha value is -6.52. The van der Waals surface area contributed by atoms with Crippen molar-refractivity contribution in [2.45, 2.75) is 13.0 Å². The van der Waals surface area contributed by atoms with Gasteiger partial charge in [0.15, 0.2) is 5.84 Å². The predicted octanol–water partition coefficient (Wildman–Crippen LogP) is 11.2. The van der Waals surface area contributed by atoms with Gasteiger partial charge in [-0.15, -0.1) is 0 Å². The number of furan rings is 1. The highest BCUT2D eigenvalue weighted by molar-refractivity contribution is 6.13. The molecule has 2 N–H and O–H groups in total. The van der Waals surface area contributed by atoms with Crippen LogP contribution in [-0.4, -0.2) is 11.7 Å². The maximum Gasteiger partial charge on any atom is 0.157 e. The van der Waals surface area contributed by atoms with Crippen molar-refractivity contribution in [1.82, 2.24) is 0 Å². The third-order valence-corrected chi connectivity index (χ3v) is 9.09. The van der Waals surface area contributed by atoms with Gasteiger partial charge in [0.2, 0.25) is 0 Å². The fourth-order valence-corrected chi connectivity index (χ4v) is 6.51. The Labute approximate surface area is 292 Å². The lowest BCUT2D eigenvalue weighted by Crippen LogP contribution is -2.17. The summed E-state index contributed by atoms with van der Waals surface area (Å²) in [6, 6.07) is 52.0. The van der Waals surface area contributed by atoms with Crippen molar-refractivity contribution in [3.8, 4) is 22.3 Å². The minimum Gasteiger partial charge on any atom is -0.455 e. The van der Waals surface area contributed by atoms with Crippen LogP contribution < -0.4 is 5.73 Å². The molecule has 0 saturated heterocycles. The Morgan fingerprint density at radius 1 is 0.600 bits per heavy atom. The van der Waals surface area contributed by atoms with Crippen molar-refractivity contribution in [1.29, 1.82) is 0 Å². The molecule has 1 aliphatic carbocycles. The number of hydrogen-bond acceptors (Lipinski definition) is 2. The lowest BCUT2D eigenvalue weighted by molar-refractivity contribution is 0.669. The summed E-state index contributed by atoms with van der Waals surface area (Å²) in [5.41, 5.74) is 18.1. The number of hydrogen-bond donors (Lipinski definition) is 1. The fourth-order valence-electron chi connectivity index (χ4n) is 6.51. The molecule has 50 heavy (non-hydrogen) atoms. The van der Waals surface area contributed by atoms with Crippen LogP contribution in [0.2, 0.25) is 0 Å². The van der Waals surface area contributed by atoms with Gasteiger partial charge in [-0.05, 0) is 45.9 Å². The first-order chi connectivity index (χ1) is 24.7. The summed E-state index contributed by atoms with van der Waals surface area (Å²) in [4.78, 5) is 10.0. The zero-order chi connectivity index (χ0) is 33.7. The molecule has 8 rings (SSSR count). The van der Waals surface area contributed by atoms with Gasteiger partial charge >= 0.3 is 0 Å². The van der Waals surface area contributed by atoms with Crippen LogP contribution in [0.1, 0.15) is 23.1 Å². The molecule has 1 aromatic heterocycles. The summed E-state index contributed by atoms with van der Waals surface area (Å²) < 4.78 is 6.57. The molecule has 240 valence electrons. The van der Waals surface area contributed by atoms with Gasteiger partial charge in [0.25, 0.3) is 0 Å². The molecule has 0 bridgehead atoms. The maximum atomic E-state index is 6.70. The highest BCUT2D eigenvalue weighted by Crippen LogP contribution is 2.39. The van der Waals surface area contributed by atoms with Crippen LogP contribution in [0.4, 0.5) is 0 Å². The van der Waals surface area contributed by atoms with Gasteiger partial charge < -0.3 is 10.2 Å². The molecule has 0 unspecified atom stereocenters. The van der Waals surface area contributed by atoms with Crippen LogP contribution >= 0.6 is 0 Å².